The predicted molar refractivity (Wildman–Crippen MR) is 111 cm³/mol. The van der Waals surface area contributed by atoms with Crippen LogP contribution in [0.3, 0.4) is 0 Å². The molecule has 156 valence electrons. The largest absolute Gasteiger partial charge is 0.486 e. The highest BCUT2D eigenvalue weighted by Gasteiger charge is 2.21. The second kappa shape index (κ2) is 9.79. The van der Waals surface area contributed by atoms with Crippen LogP contribution >= 0.6 is 0 Å². The minimum atomic E-state index is -0.478. The first-order valence-electron chi connectivity index (χ1n) is 9.76. The van der Waals surface area contributed by atoms with Crippen LogP contribution in [0.4, 0.5) is 5.69 Å². The minimum Gasteiger partial charge on any atom is -0.486 e. The first kappa shape index (κ1) is 21.2. The van der Waals surface area contributed by atoms with Gasteiger partial charge in [-0.25, -0.2) is 0 Å². The molecule has 0 N–H and O–H groups in total. The fourth-order valence-corrected chi connectivity index (χ4v) is 3.11. The molecule has 0 fully saturated rings. The Morgan fingerprint density at radius 2 is 1.83 bits per heavy atom. The highest BCUT2D eigenvalue weighted by molar-refractivity contribution is 5.95. The number of hydrogen-bond acceptors (Lipinski definition) is 6. The fourth-order valence-electron chi connectivity index (χ4n) is 3.11. The lowest BCUT2D eigenvalue weighted by atomic mass is 10.0. The normalized spacial score (nSPS) is 12.0. The molecular formula is C23H24N2O5. The van der Waals surface area contributed by atoms with Gasteiger partial charge in [-0.05, 0) is 42.7 Å². The number of nitriles is 1. The molecule has 0 radical (unpaired) electrons. The molecule has 0 atom stereocenters. The zero-order valence-electron chi connectivity index (χ0n) is 17.1. The van der Waals surface area contributed by atoms with Crippen molar-refractivity contribution in [1.29, 1.82) is 5.26 Å². The van der Waals surface area contributed by atoms with Crippen molar-refractivity contribution in [3.8, 4) is 17.6 Å². The number of nitrogens with zero attached hydrogens (tertiary/aromatic N) is 2. The van der Waals surface area contributed by atoms with Gasteiger partial charge in [-0.3, -0.25) is 9.59 Å². The molecule has 0 bridgehead atoms. The van der Waals surface area contributed by atoms with Gasteiger partial charge in [0.1, 0.15) is 13.2 Å². The molecule has 7 nitrogen and oxygen atoms in total. The minimum absolute atomic E-state index is 0.0939. The third-order valence-electron chi connectivity index (χ3n) is 4.86. The highest BCUT2D eigenvalue weighted by atomic mass is 16.6. The molecule has 2 aromatic rings. The standard InChI is InChI=1S/C23H24N2O5/c1-16-4-5-18(12-17(16)2)13-23(27)30-15-22(26)25(9-3-8-24)19-6-7-20-21(14-19)29-11-10-28-20/h4-7,12,14H,3,9-11,13,15H2,1-2H3. The Balaban J connectivity index is 1.64. The van der Waals surface area contributed by atoms with E-state index in [9.17, 15) is 9.59 Å². The maximum atomic E-state index is 12.7. The topological polar surface area (TPSA) is 88.9 Å². The summed E-state index contributed by atoms with van der Waals surface area (Å²) in [6.07, 6.45) is 0.243. The Hall–Kier alpha value is -3.53. The van der Waals surface area contributed by atoms with E-state index in [4.69, 9.17) is 19.5 Å². The van der Waals surface area contributed by atoms with E-state index >= 15 is 0 Å². The number of esters is 1. The zero-order chi connectivity index (χ0) is 21.5. The van der Waals surface area contributed by atoms with Crippen molar-refractivity contribution < 1.29 is 23.8 Å². The smallest absolute Gasteiger partial charge is 0.310 e. The van der Waals surface area contributed by atoms with Crippen LogP contribution in [0, 0.1) is 25.2 Å². The van der Waals surface area contributed by atoms with Gasteiger partial charge in [0.05, 0.1) is 18.9 Å². The van der Waals surface area contributed by atoms with Crippen LogP contribution in [0.5, 0.6) is 11.5 Å². The van der Waals surface area contributed by atoms with E-state index < -0.39 is 18.5 Å². The number of carbonyl (C=O) groups excluding carboxylic acids is 2. The molecule has 30 heavy (non-hydrogen) atoms. The summed E-state index contributed by atoms with van der Waals surface area (Å²) in [6.45, 7) is 4.67. The van der Waals surface area contributed by atoms with Crippen molar-refractivity contribution in [3.63, 3.8) is 0 Å². The molecule has 0 spiro atoms. The van der Waals surface area contributed by atoms with Gasteiger partial charge in [0.25, 0.3) is 5.91 Å². The van der Waals surface area contributed by atoms with Gasteiger partial charge in [-0.2, -0.15) is 5.26 Å². The Morgan fingerprint density at radius 1 is 1.07 bits per heavy atom. The zero-order valence-corrected chi connectivity index (χ0v) is 17.1. The number of ether oxygens (including phenoxy) is 3. The molecule has 1 heterocycles. The van der Waals surface area contributed by atoms with Crippen molar-refractivity contribution in [2.45, 2.75) is 26.7 Å². The molecule has 2 aromatic carbocycles. The Labute approximate surface area is 175 Å². The molecule has 1 aliphatic rings. The van der Waals surface area contributed by atoms with Gasteiger partial charge in [0, 0.05) is 18.3 Å². The summed E-state index contributed by atoms with van der Waals surface area (Å²) in [5.74, 6) is 0.266. The molecule has 0 unspecified atom stereocenters. The first-order chi connectivity index (χ1) is 14.5. The lowest BCUT2D eigenvalue weighted by Gasteiger charge is -2.24. The van der Waals surface area contributed by atoms with Crippen LogP contribution < -0.4 is 14.4 Å². The molecule has 3 rings (SSSR count). The van der Waals surface area contributed by atoms with Crippen molar-refractivity contribution in [3.05, 3.63) is 53.1 Å². The third-order valence-corrected chi connectivity index (χ3v) is 4.86. The van der Waals surface area contributed by atoms with E-state index in [-0.39, 0.29) is 19.4 Å². The van der Waals surface area contributed by atoms with Crippen LogP contribution in [-0.2, 0) is 20.7 Å². The van der Waals surface area contributed by atoms with Crippen molar-refractivity contribution in [2.24, 2.45) is 0 Å². The second-order valence-electron chi connectivity index (χ2n) is 7.04. The van der Waals surface area contributed by atoms with E-state index in [1.807, 2.05) is 38.1 Å². The van der Waals surface area contributed by atoms with Crippen LogP contribution in [0.2, 0.25) is 0 Å². The van der Waals surface area contributed by atoms with Crippen LogP contribution in [0.25, 0.3) is 0 Å². The van der Waals surface area contributed by atoms with Crippen molar-refractivity contribution in [1.82, 2.24) is 0 Å². The van der Waals surface area contributed by atoms with E-state index in [1.165, 1.54) is 4.90 Å². The molecule has 1 aliphatic heterocycles. The van der Waals surface area contributed by atoms with E-state index in [0.717, 1.165) is 16.7 Å². The fraction of sp³-hybridized carbons (Fsp3) is 0.348. The van der Waals surface area contributed by atoms with E-state index in [2.05, 4.69) is 0 Å². The summed E-state index contributed by atoms with van der Waals surface area (Å²) in [7, 11) is 0. The molecule has 0 aromatic heterocycles. The lowest BCUT2D eigenvalue weighted by Crippen LogP contribution is -2.35. The van der Waals surface area contributed by atoms with Gasteiger partial charge in [-0.15, -0.1) is 0 Å². The van der Waals surface area contributed by atoms with Crippen LogP contribution in [0.15, 0.2) is 36.4 Å². The Bertz CT molecular complexity index is 980. The highest BCUT2D eigenvalue weighted by Crippen LogP contribution is 2.34. The van der Waals surface area contributed by atoms with Gasteiger partial charge in [-0.1, -0.05) is 18.2 Å². The maximum Gasteiger partial charge on any atom is 0.310 e. The van der Waals surface area contributed by atoms with E-state index in [1.54, 1.807) is 18.2 Å². The lowest BCUT2D eigenvalue weighted by molar-refractivity contribution is -0.147. The number of amides is 1. The van der Waals surface area contributed by atoms with Gasteiger partial charge >= 0.3 is 5.97 Å². The Kier molecular flexibility index (Phi) is 6.91. The van der Waals surface area contributed by atoms with Gasteiger partial charge < -0.3 is 19.1 Å². The summed E-state index contributed by atoms with van der Waals surface area (Å²) in [6, 6.07) is 12.9. The number of fused-ring (bicyclic) bond motifs is 1. The SMILES string of the molecule is Cc1ccc(CC(=O)OCC(=O)N(CCC#N)c2ccc3c(c2)OCCO3)cc1C. The summed E-state index contributed by atoms with van der Waals surface area (Å²) in [5, 5.41) is 8.94. The molecular weight excluding hydrogens is 384 g/mol. The number of benzene rings is 2. The van der Waals surface area contributed by atoms with Gasteiger partial charge in [0.2, 0.25) is 0 Å². The average Bonchev–Trinajstić information content (AvgIpc) is 2.75. The quantitative estimate of drug-likeness (QED) is 0.654. The van der Waals surface area contributed by atoms with Crippen LogP contribution in [-0.4, -0.2) is 38.2 Å². The predicted octanol–water partition coefficient (Wildman–Crippen LogP) is 3.11. The molecule has 1 amide bonds. The summed E-state index contributed by atoms with van der Waals surface area (Å²) >= 11 is 0. The number of aryl methyl sites for hydroxylation is 2. The third kappa shape index (κ3) is 5.29. The molecule has 0 saturated heterocycles. The van der Waals surface area contributed by atoms with Crippen molar-refractivity contribution >= 4 is 17.6 Å². The number of rotatable bonds is 7. The number of hydrogen-bond donors (Lipinski definition) is 0. The molecule has 0 aliphatic carbocycles. The number of anilines is 1. The average molecular weight is 408 g/mol. The molecule has 7 heteroatoms. The maximum absolute atomic E-state index is 12.7. The molecule has 0 saturated carbocycles. The summed E-state index contributed by atoms with van der Waals surface area (Å²) in [4.78, 5) is 26.4. The monoisotopic (exact) mass is 408 g/mol. The van der Waals surface area contributed by atoms with Crippen LogP contribution in [0.1, 0.15) is 23.1 Å². The summed E-state index contributed by atoms with van der Waals surface area (Å²) < 4.78 is 16.3. The Morgan fingerprint density at radius 3 is 2.57 bits per heavy atom. The first-order valence-corrected chi connectivity index (χ1v) is 9.76. The number of carbonyl (C=O) groups is 2. The summed E-state index contributed by atoms with van der Waals surface area (Å²) in [5.41, 5.74) is 3.64. The second-order valence-corrected chi connectivity index (χ2v) is 7.04. The van der Waals surface area contributed by atoms with E-state index in [0.29, 0.717) is 30.4 Å². The van der Waals surface area contributed by atoms with Crippen molar-refractivity contribution in [2.75, 3.05) is 31.3 Å². The van der Waals surface area contributed by atoms with Gasteiger partial charge in [0.15, 0.2) is 18.1 Å².